The number of hydrogen-bond acceptors (Lipinski definition) is 3. The molecule has 0 aromatic carbocycles. The fourth-order valence-corrected chi connectivity index (χ4v) is 2.37. The highest BCUT2D eigenvalue weighted by Crippen LogP contribution is 2.25. The number of amides is 3. The van der Waals surface area contributed by atoms with Crippen LogP contribution in [0.2, 0.25) is 0 Å². The van der Waals surface area contributed by atoms with Crippen molar-refractivity contribution < 1.29 is 14.0 Å². The van der Waals surface area contributed by atoms with Crippen LogP contribution in [-0.4, -0.2) is 57.7 Å². The second-order valence-corrected chi connectivity index (χ2v) is 4.63. The maximum atomic E-state index is 13.5. The van der Waals surface area contributed by atoms with Crippen LogP contribution < -0.4 is 5.73 Å². The molecule has 3 heterocycles. The quantitative estimate of drug-likeness (QED) is 0.797. The molecule has 0 spiro atoms. The highest BCUT2D eigenvalue weighted by molar-refractivity contribution is 5.91. The first kappa shape index (κ1) is 11.7. The van der Waals surface area contributed by atoms with Gasteiger partial charge in [0.2, 0.25) is 0 Å². The molecule has 0 saturated carbocycles. The van der Waals surface area contributed by atoms with E-state index < -0.39 is 17.4 Å². The first-order chi connectivity index (χ1) is 8.97. The Morgan fingerprint density at radius 3 is 2.89 bits per heavy atom. The molecule has 0 aliphatic carbocycles. The molecule has 1 unspecified atom stereocenters. The number of fused-ring (bicyclic) bond motifs is 2. The predicted molar refractivity (Wildman–Crippen MR) is 63.5 cm³/mol. The Labute approximate surface area is 108 Å². The first-order valence-electron chi connectivity index (χ1n) is 5.75. The van der Waals surface area contributed by atoms with Crippen LogP contribution in [0.1, 0.15) is 10.5 Å². The average molecular weight is 265 g/mol. The van der Waals surface area contributed by atoms with Gasteiger partial charge in [-0.3, -0.25) is 4.79 Å². The molecule has 3 rings (SSSR count). The van der Waals surface area contributed by atoms with Crippen LogP contribution in [0, 0.1) is 5.82 Å². The minimum Gasteiger partial charge on any atom is -0.364 e. The molecule has 1 fully saturated rings. The molecule has 100 valence electrons. The van der Waals surface area contributed by atoms with Crippen molar-refractivity contribution in [2.45, 2.75) is 6.04 Å². The molecule has 2 aliphatic heterocycles. The number of rotatable bonds is 2. The summed E-state index contributed by atoms with van der Waals surface area (Å²) in [6, 6.07) is -0.125. The van der Waals surface area contributed by atoms with Crippen LogP contribution in [0.5, 0.6) is 0 Å². The van der Waals surface area contributed by atoms with E-state index in [0.29, 0.717) is 18.8 Å². The lowest BCUT2D eigenvalue weighted by molar-refractivity contribution is 0.0991. The van der Waals surface area contributed by atoms with Crippen molar-refractivity contribution in [1.29, 1.82) is 0 Å². The van der Waals surface area contributed by atoms with E-state index in [-0.39, 0.29) is 12.1 Å². The number of carbonyl (C=O) groups excluding carboxylic acids is 2. The Morgan fingerprint density at radius 2 is 2.32 bits per heavy atom. The molecule has 2 N–H and O–H groups in total. The number of nitrogens with two attached hydrogens (primary N) is 1. The zero-order valence-electron chi connectivity index (χ0n) is 10.2. The van der Waals surface area contributed by atoms with E-state index in [9.17, 15) is 14.0 Å². The Kier molecular flexibility index (Phi) is 2.34. The molecule has 0 radical (unpaired) electrons. The summed E-state index contributed by atoms with van der Waals surface area (Å²) in [6.07, 6.45) is 2.95. The summed E-state index contributed by atoms with van der Waals surface area (Å²) in [7, 11) is 1.71. The molecule has 1 saturated heterocycles. The molecule has 2 aliphatic rings. The van der Waals surface area contributed by atoms with Crippen molar-refractivity contribution in [2.24, 2.45) is 5.73 Å². The molecule has 3 amide bonds. The van der Waals surface area contributed by atoms with Gasteiger partial charge in [-0.15, -0.1) is 0 Å². The van der Waals surface area contributed by atoms with E-state index in [0.717, 1.165) is 6.20 Å². The molecule has 2 bridgehead atoms. The lowest BCUT2D eigenvalue weighted by Gasteiger charge is -2.21. The van der Waals surface area contributed by atoms with Crippen molar-refractivity contribution in [3.8, 4) is 0 Å². The van der Waals surface area contributed by atoms with Crippen molar-refractivity contribution in [3.63, 3.8) is 0 Å². The Balaban J connectivity index is 1.96. The van der Waals surface area contributed by atoms with E-state index in [1.165, 1.54) is 4.68 Å². The van der Waals surface area contributed by atoms with Crippen molar-refractivity contribution in [1.82, 2.24) is 19.6 Å². The summed E-state index contributed by atoms with van der Waals surface area (Å²) in [5, 5.41) is 3.82. The monoisotopic (exact) mass is 265 g/mol. The fourth-order valence-electron chi connectivity index (χ4n) is 2.37. The van der Waals surface area contributed by atoms with Crippen molar-refractivity contribution in [3.05, 3.63) is 23.8 Å². The Bertz CT molecular complexity index is 608. The number of hydrogen-bond donors (Lipinski definition) is 1. The third kappa shape index (κ3) is 1.67. The Hall–Kier alpha value is -2.38. The molecule has 1 aromatic heterocycles. The van der Waals surface area contributed by atoms with E-state index in [1.54, 1.807) is 16.8 Å². The van der Waals surface area contributed by atoms with Gasteiger partial charge in [-0.2, -0.15) is 5.10 Å². The van der Waals surface area contributed by atoms with E-state index >= 15 is 0 Å². The van der Waals surface area contributed by atoms with Gasteiger partial charge in [0.25, 0.3) is 5.91 Å². The summed E-state index contributed by atoms with van der Waals surface area (Å²) in [6.45, 7) is 0.949. The van der Waals surface area contributed by atoms with Crippen molar-refractivity contribution >= 4 is 17.6 Å². The number of urea groups is 1. The minimum atomic E-state index is -0.913. The van der Waals surface area contributed by atoms with Crippen LogP contribution in [0.4, 0.5) is 9.18 Å². The summed E-state index contributed by atoms with van der Waals surface area (Å²) >= 11 is 0. The largest absolute Gasteiger partial charge is 0.364 e. The van der Waals surface area contributed by atoms with Gasteiger partial charge in [-0.05, 0) is 6.08 Å². The smallest absolute Gasteiger partial charge is 0.320 e. The van der Waals surface area contributed by atoms with Gasteiger partial charge in [-0.25, -0.2) is 13.9 Å². The predicted octanol–water partition coefficient (Wildman–Crippen LogP) is -0.288. The fraction of sp³-hybridized carbons (Fsp3) is 0.364. The highest BCUT2D eigenvalue weighted by Gasteiger charge is 2.38. The topological polar surface area (TPSA) is 84.5 Å². The first-order valence-corrected chi connectivity index (χ1v) is 5.75. The van der Waals surface area contributed by atoms with Gasteiger partial charge in [0.05, 0.1) is 24.5 Å². The number of primary amides is 1. The minimum absolute atomic E-state index is 0.0551. The van der Waals surface area contributed by atoms with Gasteiger partial charge in [0.1, 0.15) is 0 Å². The summed E-state index contributed by atoms with van der Waals surface area (Å²) < 4.78 is 14.7. The zero-order chi connectivity index (χ0) is 13.7. The highest BCUT2D eigenvalue weighted by atomic mass is 19.1. The molecule has 7 nitrogen and oxygen atoms in total. The van der Waals surface area contributed by atoms with Gasteiger partial charge in [0, 0.05) is 13.6 Å². The summed E-state index contributed by atoms with van der Waals surface area (Å²) in [4.78, 5) is 26.0. The van der Waals surface area contributed by atoms with E-state index in [4.69, 9.17) is 5.73 Å². The van der Waals surface area contributed by atoms with Crippen LogP contribution in [0.15, 0.2) is 12.3 Å². The summed E-state index contributed by atoms with van der Waals surface area (Å²) in [5.74, 6) is -1.68. The lowest BCUT2D eigenvalue weighted by atomic mass is 10.2. The molecular formula is C11H12FN5O2. The van der Waals surface area contributed by atoms with Crippen molar-refractivity contribution in [2.75, 3.05) is 20.1 Å². The molecule has 8 heteroatoms. The maximum Gasteiger partial charge on any atom is 0.320 e. The lowest BCUT2D eigenvalue weighted by Crippen LogP contribution is -2.31. The van der Waals surface area contributed by atoms with Crippen LogP contribution in [-0.2, 0) is 0 Å². The van der Waals surface area contributed by atoms with Crippen LogP contribution in [0.25, 0.3) is 5.70 Å². The van der Waals surface area contributed by atoms with Gasteiger partial charge >= 0.3 is 6.03 Å². The molecule has 1 aromatic rings. The third-order valence-electron chi connectivity index (χ3n) is 3.41. The number of nitrogens with zero attached hydrogens (tertiary/aromatic N) is 4. The van der Waals surface area contributed by atoms with Gasteiger partial charge in [-0.1, -0.05) is 0 Å². The number of aromatic nitrogens is 2. The van der Waals surface area contributed by atoms with Crippen LogP contribution >= 0.6 is 0 Å². The SMILES string of the molecule is CN1C(=O)N2CC(n3cc(F)c(C(N)=O)n3)=CC1C2. The molecule has 19 heavy (non-hydrogen) atoms. The van der Waals surface area contributed by atoms with Gasteiger partial charge < -0.3 is 15.5 Å². The zero-order valence-corrected chi connectivity index (χ0v) is 10.2. The second kappa shape index (κ2) is 3.81. The normalized spacial score (nSPS) is 21.9. The number of carbonyl (C=O) groups is 2. The molecule has 1 atom stereocenters. The van der Waals surface area contributed by atoms with Gasteiger partial charge in [0.15, 0.2) is 11.5 Å². The second-order valence-electron chi connectivity index (χ2n) is 4.63. The maximum absolute atomic E-state index is 13.5. The Morgan fingerprint density at radius 1 is 1.58 bits per heavy atom. The number of halogens is 1. The van der Waals surface area contributed by atoms with E-state index in [2.05, 4.69) is 5.10 Å². The van der Waals surface area contributed by atoms with E-state index in [1.807, 2.05) is 6.08 Å². The standard InChI is InChI=1S/C11H12FN5O2/c1-15-6-2-7(4-16(3-6)11(15)19)17-5-8(12)9(14-17)10(13)18/h2,5-6H,3-4H2,1H3,(H2,13,18). The average Bonchev–Trinajstić information content (AvgIpc) is 2.85. The molecular weight excluding hydrogens is 253 g/mol. The summed E-state index contributed by atoms with van der Waals surface area (Å²) in [5.41, 5.74) is 5.28. The number of likely N-dealkylation sites (N-methyl/N-ethyl adjacent to an activating group) is 1. The third-order valence-corrected chi connectivity index (χ3v) is 3.41. The van der Waals surface area contributed by atoms with Crippen LogP contribution in [0.3, 0.4) is 0 Å².